The molecule has 0 unspecified atom stereocenters. The van der Waals surface area contributed by atoms with E-state index in [1.54, 1.807) is 0 Å². The first kappa shape index (κ1) is 18.8. The first-order chi connectivity index (χ1) is 9.74. The van der Waals surface area contributed by atoms with E-state index in [0.717, 1.165) is 21.6 Å². The molecule has 1 saturated carbocycles. The van der Waals surface area contributed by atoms with Gasteiger partial charge in [0.2, 0.25) is 0 Å². The molecule has 120 valence electrons. The van der Waals surface area contributed by atoms with E-state index < -0.39 is 0 Å². The highest BCUT2D eigenvalue weighted by atomic mass is 127. The number of ether oxygens (including phenoxy) is 2. The van der Waals surface area contributed by atoms with Crippen LogP contribution in [0.25, 0.3) is 0 Å². The van der Waals surface area contributed by atoms with Gasteiger partial charge in [0.1, 0.15) is 0 Å². The number of hydrogen-bond donors (Lipinski definition) is 1. The van der Waals surface area contributed by atoms with Crippen molar-refractivity contribution < 1.29 is 9.47 Å². The van der Waals surface area contributed by atoms with E-state index in [4.69, 9.17) is 9.47 Å². The van der Waals surface area contributed by atoms with E-state index in [9.17, 15) is 0 Å². The molecule has 21 heavy (non-hydrogen) atoms. The molecule has 1 aliphatic rings. The SMILES string of the molecule is CCOc1cc(CNC2CCCC2)cc(I)c1OCC.Cl. The van der Waals surface area contributed by atoms with Crippen LogP contribution in [-0.2, 0) is 6.54 Å². The maximum atomic E-state index is 5.73. The number of hydrogen-bond acceptors (Lipinski definition) is 3. The highest BCUT2D eigenvalue weighted by Crippen LogP contribution is 2.34. The number of rotatable bonds is 7. The smallest absolute Gasteiger partial charge is 0.174 e. The van der Waals surface area contributed by atoms with Crippen LogP contribution in [0.5, 0.6) is 11.5 Å². The minimum absolute atomic E-state index is 0. The molecule has 0 atom stereocenters. The maximum absolute atomic E-state index is 5.73. The van der Waals surface area contributed by atoms with E-state index in [1.165, 1.54) is 31.2 Å². The van der Waals surface area contributed by atoms with Gasteiger partial charge >= 0.3 is 0 Å². The predicted octanol–water partition coefficient (Wildman–Crippen LogP) is 4.54. The molecule has 0 heterocycles. The molecule has 0 aromatic heterocycles. The van der Waals surface area contributed by atoms with E-state index in [2.05, 4.69) is 40.0 Å². The predicted molar refractivity (Wildman–Crippen MR) is 97.8 cm³/mol. The van der Waals surface area contributed by atoms with Crippen molar-refractivity contribution in [2.45, 2.75) is 52.1 Å². The molecule has 0 bridgehead atoms. The van der Waals surface area contributed by atoms with E-state index in [-0.39, 0.29) is 12.4 Å². The normalized spacial score (nSPS) is 14.8. The van der Waals surface area contributed by atoms with Gasteiger partial charge in [-0.05, 0) is 67.0 Å². The Kier molecular flexibility index (Phi) is 8.74. The summed E-state index contributed by atoms with van der Waals surface area (Å²) in [6.45, 7) is 6.24. The maximum Gasteiger partial charge on any atom is 0.174 e. The Morgan fingerprint density at radius 1 is 1.14 bits per heavy atom. The van der Waals surface area contributed by atoms with Crippen LogP contribution in [0.4, 0.5) is 0 Å². The van der Waals surface area contributed by atoms with Crippen molar-refractivity contribution in [3.8, 4) is 11.5 Å². The van der Waals surface area contributed by atoms with Crippen LogP contribution >= 0.6 is 35.0 Å². The average Bonchev–Trinajstić information content (AvgIpc) is 2.94. The Labute approximate surface area is 147 Å². The van der Waals surface area contributed by atoms with Gasteiger partial charge in [0.25, 0.3) is 0 Å². The Morgan fingerprint density at radius 3 is 2.43 bits per heavy atom. The minimum atomic E-state index is 0. The summed E-state index contributed by atoms with van der Waals surface area (Å²) in [5.74, 6) is 1.74. The lowest BCUT2D eigenvalue weighted by Crippen LogP contribution is -2.25. The van der Waals surface area contributed by atoms with Crippen molar-refractivity contribution in [1.82, 2.24) is 5.32 Å². The van der Waals surface area contributed by atoms with Gasteiger partial charge in [-0.3, -0.25) is 0 Å². The number of benzene rings is 1. The molecule has 1 fully saturated rings. The summed E-state index contributed by atoms with van der Waals surface area (Å²) in [5.41, 5.74) is 1.27. The lowest BCUT2D eigenvalue weighted by Gasteiger charge is -2.16. The van der Waals surface area contributed by atoms with Gasteiger partial charge in [-0.2, -0.15) is 0 Å². The van der Waals surface area contributed by atoms with Crippen molar-refractivity contribution in [3.63, 3.8) is 0 Å². The third-order valence-electron chi connectivity index (χ3n) is 3.61. The lowest BCUT2D eigenvalue weighted by atomic mass is 10.1. The van der Waals surface area contributed by atoms with Gasteiger partial charge in [-0.25, -0.2) is 0 Å². The van der Waals surface area contributed by atoms with Gasteiger partial charge in [0, 0.05) is 12.6 Å². The Balaban J connectivity index is 0.00000220. The van der Waals surface area contributed by atoms with Crippen molar-refractivity contribution in [1.29, 1.82) is 0 Å². The standard InChI is InChI=1S/C16H24INO2.ClH/c1-3-19-15-10-12(9-14(17)16(15)20-4-2)11-18-13-7-5-6-8-13;/h9-10,13,18H,3-8,11H2,1-2H3;1H. The molecule has 0 saturated heterocycles. The van der Waals surface area contributed by atoms with Gasteiger partial charge in [-0.15, -0.1) is 12.4 Å². The van der Waals surface area contributed by atoms with Gasteiger partial charge < -0.3 is 14.8 Å². The zero-order chi connectivity index (χ0) is 14.4. The molecule has 5 heteroatoms. The molecule has 0 spiro atoms. The van der Waals surface area contributed by atoms with Crippen LogP contribution in [0.3, 0.4) is 0 Å². The first-order valence-electron chi connectivity index (χ1n) is 7.56. The average molecular weight is 426 g/mol. The molecule has 1 aromatic rings. The van der Waals surface area contributed by atoms with Crippen LogP contribution in [0.2, 0.25) is 0 Å². The molecular formula is C16H25ClINO2. The first-order valence-corrected chi connectivity index (χ1v) is 8.63. The highest BCUT2D eigenvalue weighted by Gasteiger charge is 2.15. The summed E-state index contributed by atoms with van der Waals surface area (Å²) in [7, 11) is 0. The van der Waals surface area contributed by atoms with Crippen LogP contribution in [0, 0.1) is 3.57 Å². The van der Waals surface area contributed by atoms with Crippen molar-refractivity contribution >= 4 is 35.0 Å². The van der Waals surface area contributed by atoms with Crippen LogP contribution in [0.1, 0.15) is 45.1 Å². The van der Waals surface area contributed by atoms with Crippen LogP contribution in [0.15, 0.2) is 12.1 Å². The zero-order valence-electron chi connectivity index (χ0n) is 12.8. The zero-order valence-corrected chi connectivity index (χ0v) is 15.8. The van der Waals surface area contributed by atoms with Gasteiger partial charge in [0.05, 0.1) is 16.8 Å². The second-order valence-electron chi connectivity index (χ2n) is 5.13. The van der Waals surface area contributed by atoms with Crippen LogP contribution in [-0.4, -0.2) is 19.3 Å². The molecule has 0 amide bonds. The monoisotopic (exact) mass is 425 g/mol. The van der Waals surface area contributed by atoms with E-state index in [1.807, 2.05) is 13.8 Å². The third-order valence-corrected chi connectivity index (χ3v) is 4.41. The van der Waals surface area contributed by atoms with E-state index in [0.29, 0.717) is 19.3 Å². The van der Waals surface area contributed by atoms with Gasteiger partial charge in [0.15, 0.2) is 11.5 Å². The molecule has 1 N–H and O–H groups in total. The summed E-state index contributed by atoms with van der Waals surface area (Å²) in [6, 6.07) is 4.99. The molecule has 1 aromatic carbocycles. The summed E-state index contributed by atoms with van der Waals surface area (Å²) < 4.78 is 12.5. The fraction of sp³-hybridized carbons (Fsp3) is 0.625. The molecule has 2 rings (SSSR count). The molecule has 3 nitrogen and oxygen atoms in total. The summed E-state index contributed by atoms with van der Waals surface area (Å²) in [6.07, 6.45) is 5.35. The van der Waals surface area contributed by atoms with E-state index >= 15 is 0 Å². The number of halogens is 2. The minimum Gasteiger partial charge on any atom is -0.490 e. The van der Waals surface area contributed by atoms with Crippen molar-refractivity contribution in [3.05, 3.63) is 21.3 Å². The van der Waals surface area contributed by atoms with Crippen LogP contribution < -0.4 is 14.8 Å². The Morgan fingerprint density at radius 2 is 1.81 bits per heavy atom. The molecular weight excluding hydrogens is 401 g/mol. The topological polar surface area (TPSA) is 30.5 Å². The molecule has 0 aliphatic heterocycles. The molecule has 1 aliphatic carbocycles. The quantitative estimate of drug-likeness (QED) is 0.651. The van der Waals surface area contributed by atoms with Crippen molar-refractivity contribution in [2.75, 3.05) is 13.2 Å². The molecule has 0 radical (unpaired) electrons. The number of nitrogens with one attached hydrogen (secondary N) is 1. The summed E-state index contributed by atoms with van der Waals surface area (Å²) >= 11 is 2.33. The lowest BCUT2D eigenvalue weighted by molar-refractivity contribution is 0.285. The fourth-order valence-electron chi connectivity index (χ4n) is 2.66. The Bertz CT molecular complexity index is 437. The third kappa shape index (κ3) is 5.49. The van der Waals surface area contributed by atoms with Gasteiger partial charge in [-0.1, -0.05) is 12.8 Å². The fourth-order valence-corrected chi connectivity index (χ4v) is 3.48. The highest BCUT2D eigenvalue weighted by molar-refractivity contribution is 14.1. The largest absolute Gasteiger partial charge is 0.490 e. The summed E-state index contributed by atoms with van der Waals surface area (Å²) in [5, 5.41) is 3.65. The second-order valence-corrected chi connectivity index (χ2v) is 6.30. The Hall–Kier alpha value is -0.200. The van der Waals surface area contributed by atoms with Crippen molar-refractivity contribution in [2.24, 2.45) is 0 Å². The summed E-state index contributed by atoms with van der Waals surface area (Å²) in [4.78, 5) is 0. The second kappa shape index (κ2) is 9.74.